The maximum absolute atomic E-state index is 14.3. The van der Waals surface area contributed by atoms with Gasteiger partial charge in [-0.3, -0.25) is 9.59 Å². The molecular weight excluding hydrogens is 439 g/mol. The predicted molar refractivity (Wildman–Crippen MR) is 129 cm³/mol. The number of nitrogens with one attached hydrogen (secondary N) is 1. The molecule has 0 fully saturated rings. The quantitative estimate of drug-likeness (QED) is 0.447. The number of hydrogen-bond donors (Lipinski definition) is 1. The first-order chi connectivity index (χ1) is 16.0. The van der Waals surface area contributed by atoms with Crippen molar-refractivity contribution in [2.45, 2.75) is 38.8 Å². The summed E-state index contributed by atoms with van der Waals surface area (Å²) in [5.41, 5.74) is 2.03. The molecule has 0 bridgehead atoms. The maximum Gasteiger partial charge on any atom is 0.243 e. The Morgan fingerprint density at radius 1 is 0.970 bits per heavy atom. The van der Waals surface area contributed by atoms with E-state index in [2.05, 4.69) is 5.32 Å². The third-order valence-electron chi connectivity index (χ3n) is 5.36. The van der Waals surface area contributed by atoms with E-state index in [0.29, 0.717) is 23.6 Å². The number of carbonyl (C=O) groups is 2. The molecule has 33 heavy (non-hydrogen) atoms. The van der Waals surface area contributed by atoms with Crippen molar-refractivity contribution in [1.29, 1.82) is 0 Å². The van der Waals surface area contributed by atoms with Crippen LogP contribution in [0.15, 0.2) is 78.9 Å². The fourth-order valence-corrected chi connectivity index (χ4v) is 3.87. The maximum atomic E-state index is 14.3. The minimum atomic E-state index is -0.753. The summed E-state index contributed by atoms with van der Waals surface area (Å²) in [6, 6.07) is 22.2. The highest BCUT2D eigenvalue weighted by molar-refractivity contribution is 6.30. The normalized spacial score (nSPS) is 11.6. The van der Waals surface area contributed by atoms with Gasteiger partial charge in [0, 0.05) is 24.5 Å². The molecule has 0 aliphatic rings. The van der Waals surface area contributed by atoms with E-state index in [1.807, 2.05) is 43.3 Å². The molecular formula is C27H28ClFN2O2. The van der Waals surface area contributed by atoms with Gasteiger partial charge in [0.2, 0.25) is 11.8 Å². The van der Waals surface area contributed by atoms with Crippen LogP contribution in [0.2, 0.25) is 5.02 Å². The molecule has 0 aliphatic carbocycles. The fraction of sp³-hybridized carbons (Fsp3) is 0.259. The van der Waals surface area contributed by atoms with Crippen molar-refractivity contribution in [2.24, 2.45) is 0 Å². The van der Waals surface area contributed by atoms with Crippen molar-refractivity contribution < 1.29 is 14.0 Å². The molecule has 3 aromatic carbocycles. The molecule has 2 amide bonds. The van der Waals surface area contributed by atoms with Gasteiger partial charge in [0.15, 0.2) is 0 Å². The van der Waals surface area contributed by atoms with Crippen LogP contribution in [-0.2, 0) is 29.0 Å². The van der Waals surface area contributed by atoms with Gasteiger partial charge < -0.3 is 10.2 Å². The zero-order valence-corrected chi connectivity index (χ0v) is 19.4. The number of benzene rings is 3. The zero-order valence-electron chi connectivity index (χ0n) is 18.6. The van der Waals surface area contributed by atoms with Crippen molar-refractivity contribution in [1.82, 2.24) is 10.2 Å². The van der Waals surface area contributed by atoms with E-state index in [4.69, 9.17) is 11.6 Å². The van der Waals surface area contributed by atoms with E-state index in [0.717, 1.165) is 17.5 Å². The highest BCUT2D eigenvalue weighted by atomic mass is 35.5. The van der Waals surface area contributed by atoms with Crippen LogP contribution in [0.4, 0.5) is 4.39 Å². The summed E-state index contributed by atoms with van der Waals surface area (Å²) in [6.07, 6.45) is 0.987. The highest BCUT2D eigenvalue weighted by Crippen LogP contribution is 2.19. The van der Waals surface area contributed by atoms with Gasteiger partial charge in [0.05, 0.1) is 6.42 Å². The van der Waals surface area contributed by atoms with Crippen molar-refractivity contribution in [3.63, 3.8) is 0 Å². The second-order valence-electron chi connectivity index (χ2n) is 7.92. The minimum Gasteiger partial charge on any atom is -0.354 e. The third-order valence-corrected chi connectivity index (χ3v) is 5.60. The van der Waals surface area contributed by atoms with Crippen LogP contribution in [0.3, 0.4) is 0 Å². The smallest absolute Gasteiger partial charge is 0.243 e. The lowest BCUT2D eigenvalue weighted by molar-refractivity contribution is -0.140. The molecule has 0 saturated carbocycles. The lowest BCUT2D eigenvalue weighted by Crippen LogP contribution is -2.51. The van der Waals surface area contributed by atoms with E-state index in [1.54, 1.807) is 36.4 Å². The average Bonchev–Trinajstić information content (AvgIpc) is 2.82. The van der Waals surface area contributed by atoms with Gasteiger partial charge in [-0.15, -0.1) is 0 Å². The molecule has 0 saturated heterocycles. The van der Waals surface area contributed by atoms with Crippen LogP contribution in [0.5, 0.6) is 0 Å². The first kappa shape index (κ1) is 24.5. The molecule has 1 unspecified atom stereocenters. The number of hydrogen-bond acceptors (Lipinski definition) is 2. The summed E-state index contributed by atoms with van der Waals surface area (Å²) in [5.74, 6) is -0.999. The Balaban J connectivity index is 1.96. The molecule has 1 N–H and O–H groups in total. The Morgan fingerprint density at radius 2 is 1.67 bits per heavy atom. The molecule has 0 aromatic heterocycles. The average molecular weight is 467 g/mol. The number of nitrogens with zero attached hydrogens (tertiary/aromatic N) is 1. The minimum absolute atomic E-state index is 0.139. The molecule has 3 aromatic rings. The Morgan fingerprint density at radius 3 is 2.36 bits per heavy atom. The van der Waals surface area contributed by atoms with Crippen LogP contribution in [0.1, 0.15) is 30.0 Å². The number of rotatable bonds is 10. The Bertz CT molecular complexity index is 1070. The molecule has 172 valence electrons. The molecule has 6 heteroatoms. The predicted octanol–water partition coefficient (Wildman–Crippen LogP) is 5.19. The Labute approximate surface area is 199 Å². The standard InChI is InChI=1S/C27H28ClFN2O2/c1-2-15-30-27(33)25(17-20-9-4-3-5-10-20)31(19-21-11-8-13-23(28)16-21)26(32)18-22-12-6-7-14-24(22)29/h3-14,16,25H,2,15,17-19H2,1H3,(H,30,33). The van der Waals surface area contributed by atoms with Gasteiger partial charge in [-0.25, -0.2) is 4.39 Å². The molecule has 0 spiro atoms. The van der Waals surface area contributed by atoms with Crippen molar-refractivity contribution >= 4 is 23.4 Å². The lowest BCUT2D eigenvalue weighted by atomic mass is 10.0. The van der Waals surface area contributed by atoms with Crippen molar-refractivity contribution in [3.8, 4) is 0 Å². The molecule has 4 nitrogen and oxygen atoms in total. The topological polar surface area (TPSA) is 49.4 Å². The Hall–Kier alpha value is -3.18. The summed E-state index contributed by atoms with van der Waals surface area (Å²) in [4.78, 5) is 28.3. The number of carbonyl (C=O) groups excluding carboxylic acids is 2. The number of amides is 2. The third kappa shape index (κ3) is 7.16. The molecule has 0 aliphatic heterocycles. The van der Waals surface area contributed by atoms with E-state index in [1.165, 1.54) is 11.0 Å². The van der Waals surface area contributed by atoms with E-state index < -0.39 is 11.9 Å². The summed E-state index contributed by atoms with van der Waals surface area (Å²) in [6.45, 7) is 2.67. The van der Waals surface area contributed by atoms with E-state index >= 15 is 0 Å². The fourth-order valence-electron chi connectivity index (χ4n) is 3.66. The lowest BCUT2D eigenvalue weighted by Gasteiger charge is -2.31. The van der Waals surface area contributed by atoms with Gasteiger partial charge in [0.25, 0.3) is 0 Å². The van der Waals surface area contributed by atoms with Gasteiger partial charge in [-0.2, -0.15) is 0 Å². The summed E-state index contributed by atoms with van der Waals surface area (Å²) >= 11 is 6.17. The van der Waals surface area contributed by atoms with E-state index in [-0.39, 0.29) is 24.8 Å². The number of halogens is 2. The van der Waals surface area contributed by atoms with Gasteiger partial charge in [0.1, 0.15) is 11.9 Å². The Kier molecular flexibility index (Phi) is 9.02. The molecule has 3 rings (SSSR count). The second-order valence-corrected chi connectivity index (χ2v) is 8.35. The zero-order chi connectivity index (χ0) is 23.6. The first-order valence-corrected chi connectivity index (χ1v) is 11.4. The van der Waals surface area contributed by atoms with Gasteiger partial charge in [-0.1, -0.05) is 79.2 Å². The SMILES string of the molecule is CCCNC(=O)C(Cc1ccccc1)N(Cc1cccc(Cl)c1)C(=O)Cc1ccccc1F. The van der Waals surface area contributed by atoms with Gasteiger partial charge in [-0.05, 0) is 41.3 Å². The second kappa shape index (κ2) is 12.2. The molecule has 0 heterocycles. The van der Waals surface area contributed by atoms with Crippen LogP contribution >= 0.6 is 11.6 Å². The summed E-state index contributed by atoms with van der Waals surface area (Å²) in [5, 5.41) is 3.47. The van der Waals surface area contributed by atoms with Crippen LogP contribution in [-0.4, -0.2) is 29.3 Å². The van der Waals surface area contributed by atoms with Crippen molar-refractivity contribution in [2.75, 3.05) is 6.54 Å². The monoisotopic (exact) mass is 466 g/mol. The van der Waals surface area contributed by atoms with Gasteiger partial charge >= 0.3 is 0 Å². The molecule has 0 radical (unpaired) electrons. The largest absolute Gasteiger partial charge is 0.354 e. The molecule has 1 atom stereocenters. The van der Waals surface area contributed by atoms with E-state index in [9.17, 15) is 14.0 Å². The summed E-state index contributed by atoms with van der Waals surface area (Å²) < 4.78 is 14.3. The summed E-state index contributed by atoms with van der Waals surface area (Å²) in [7, 11) is 0. The van der Waals surface area contributed by atoms with Crippen LogP contribution < -0.4 is 5.32 Å². The van der Waals surface area contributed by atoms with Crippen LogP contribution in [0.25, 0.3) is 0 Å². The van der Waals surface area contributed by atoms with Crippen molar-refractivity contribution in [3.05, 3.63) is 106 Å². The first-order valence-electron chi connectivity index (χ1n) is 11.1. The highest BCUT2D eigenvalue weighted by Gasteiger charge is 2.30. The van der Waals surface area contributed by atoms with Crippen LogP contribution in [0, 0.1) is 5.82 Å².